The van der Waals surface area contributed by atoms with Crippen molar-refractivity contribution < 1.29 is 4.92 Å². The molecule has 1 fully saturated rings. The molecule has 1 aromatic rings. The van der Waals surface area contributed by atoms with Crippen molar-refractivity contribution in [2.75, 3.05) is 18.0 Å². The fourth-order valence-electron chi connectivity index (χ4n) is 2.46. The predicted octanol–water partition coefficient (Wildman–Crippen LogP) is 1.82. The number of hydrogen-bond acceptors (Lipinski definition) is 4. The van der Waals surface area contributed by atoms with Gasteiger partial charge in [-0.15, -0.1) is 0 Å². The van der Waals surface area contributed by atoms with Gasteiger partial charge in [0.15, 0.2) is 0 Å². The second-order valence-electron chi connectivity index (χ2n) is 4.96. The molecule has 0 bridgehead atoms. The highest BCUT2D eigenvalue weighted by Crippen LogP contribution is 2.39. The largest absolute Gasteiger partial charge is 0.369 e. The van der Waals surface area contributed by atoms with E-state index in [1.54, 1.807) is 12.1 Å². The van der Waals surface area contributed by atoms with E-state index in [1.807, 2.05) is 6.07 Å². The van der Waals surface area contributed by atoms with Crippen molar-refractivity contribution in [3.05, 3.63) is 33.9 Å². The predicted molar refractivity (Wildman–Crippen MR) is 65.0 cm³/mol. The lowest BCUT2D eigenvalue weighted by atomic mass is 10.1. The summed E-state index contributed by atoms with van der Waals surface area (Å²) in [5, 5.41) is 10.7. The van der Waals surface area contributed by atoms with Crippen molar-refractivity contribution in [3.8, 4) is 0 Å². The Morgan fingerprint density at radius 1 is 1.47 bits per heavy atom. The first kappa shape index (κ1) is 10.5. The maximum atomic E-state index is 10.7. The number of hydrogen-bond donors (Lipinski definition) is 1. The van der Waals surface area contributed by atoms with Crippen LogP contribution < -0.4 is 10.6 Å². The molecule has 0 aromatic heterocycles. The van der Waals surface area contributed by atoms with Gasteiger partial charge in [-0.05, 0) is 24.8 Å². The summed E-state index contributed by atoms with van der Waals surface area (Å²) in [6, 6.07) is 4.93. The van der Waals surface area contributed by atoms with Gasteiger partial charge in [0, 0.05) is 42.5 Å². The van der Waals surface area contributed by atoms with Gasteiger partial charge in [0.25, 0.3) is 5.69 Å². The van der Waals surface area contributed by atoms with E-state index in [1.165, 1.54) is 12.8 Å². The summed E-state index contributed by atoms with van der Waals surface area (Å²) in [6.07, 6.45) is 2.60. The molecule has 0 radical (unpaired) electrons. The van der Waals surface area contributed by atoms with Gasteiger partial charge in [-0.1, -0.05) is 0 Å². The molecule has 1 saturated carbocycles. The van der Waals surface area contributed by atoms with Crippen LogP contribution in [0.15, 0.2) is 18.2 Å². The average molecular weight is 233 g/mol. The fraction of sp³-hybridized carbons (Fsp3) is 0.500. The van der Waals surface area contributed by atoms with Crippen molar-refractivity contribution in [2.45, 2.75) is 18.9 Å². The zero-order chi connectivity index (χ0) is 12.0. The Balaban J connectivity index is 1.91. The second-order valence-corrected chi connectivity index (χ2v) is 4.96. The van der Waals surface area contributed by atoms with E-state index < -0.39 is 0 Å². The molecule has 1 heterocycles. The average Bonchev–Trinajstić information content (AvgIpc) is 3.05. The Hall–Kier alpha value is -1.62. The Morgan fingerprint density at radius 2 is 2.24 bits per heavy atom. The molecule has 1 aromatic carbocycles. The molecule has 1 atom stereocenters. The first-order chi connectivity index (χ1) is 8.15. The molecule has 1 unspecified atom stereocenters. The third-order valence-electron chi connectivity index (χ3n) is 3.55. The molecule has 1 aliphatic carbocycles. The van der Waals surface area contributed by atoms with Crippen LogP contribution in [0.25, 0.3) is 0 Å². The maximum absolute atomic E-state index is 10.7. The van der Waals surface area contributed by atoms with Gasteiger partial charge in [0.2, 0.25) is 0 Å². The van der Waals surface area contributed by atoms with E-state index in [0.717, 1.165) is 30.3 Å². The van der Waals surface area contributed by atoms with E-state index in [2.05, 4.69) is 4.90 Å². The number of nitro benzene ring substituents is 1. The Kier molecular flexibility index (Phi) is 2.29. The number of nitrogens with two attached hydrogens (primary N) is 1. The molecule has 90 valence electrons. The van der Waals surface area contributed by atoms with E-state index in [4.69, 9.17) is 5.73 Å². The Morgan fingerprint density at radius 3 is 2.88 bits per heavy atom. The number of rotatable bonds is 3. The van der Waals surface area contributed by atoms with Crippen LogP contribution in [0.2, 0.25) is 0 Å². The summed E-state index contributed by atoms with van der Waals surface area (Å²) in [4.78, 5) is 12.6. The second kappa shape index (κ2) is 3.70. The number of nitrogens with zero attached hydrogens (tertiary/aromatic N) is 2. The Labute approximate surface area is 99.4 Å². The third kappa shape index (κ3) is 1.86. The molecule has 0 amide bonds. The van der Waals surface area contributed by atoms with E-state index in [9.17, 15) is 10.1 Å². The highest BCUT2D eigenvalue weighted by molar-refractivity contribution is 5.63. The number of anilines is 1. The van der Waals surface area contributed by atoms with Gasteiger partial charge in [-0.25, -0.2) is 0 Å². The van der Waals surface area contributed by atoms with E-state index in [-0.39, 0.29) is 16.7 Å². The molecule has 2 aliphatic rings. The third-order valence-corrected chi connectivity index (χ3v) is 3.55. The highest BCUT2D eigenvalue weighted by Gasteiger charge is 2.32. The summed E-state index contributed by atoms with van der Waals surface area (Å²) < 4.78 is 0. The van der Waals surface area contributed by atoms with Gasteiger partial charge >= 0.3 is 0 Å². The molecular formula is C12H15N3O2. The van der Waals surface area contributed by atoms with Crippen molar-refractivity contribution in [2.24, 2.45) is 11.7 Å². The van der Waals surface area contributed by atoms with Crippen molar-refractivity contribution in [3.63, 3.8) is 0 Å². The van der Waals surface area contributed by atoms with Crippen LogP contribution in [0, 0.1) is 16.0 Å². The number of benzene rings is 1. The number of nitro groups is 1. The molecule has 0 spiro atoms. The molecule has 5 nitrogen and oxygen atoms in total. The van der Waals surface area contributed by atoms with Gasteiger partial charge < -0.3 is 10.6 Å². The minimum absolute atomic E-state index is 0.0938. The molecule has 5 heteroatoms. The smallest absolute Gasteiger partial charge is 0.269 e. The van der Waals surface area contributed by atoms with Crippen molar-refractivity contribution >= 4 is 11.4 Å². The summed E-state index contributed by atoms with van der Waals surface area (Å²) in [7, 11) is 0. The van der Waals surface area contributed by atoms with Crippen LogP contribution in [0.3, 0.4) is 0 Å². The fourth-order valence-corrected chi connectivity index (χ4v) is 2.46. The monoisotopic (exact) mass is 233 g/mol. The quantitative estimate of drug-likeness (QED) is 0.638. The number of fused-ring (bicyclic) bond motifs is 1. The lowest BCUT2D eigenvalue weighted by molar-refractivity contribution is -0.384. The van der Waals surface area contributed by atoms with Crippen LogP contribution in [-0.4, -0.2) is 18.0 Å². The minimum atomic E-state index is -0.365. The van der Waals surface area contributed by atoms with Crippen LogP contribution in [0.4, 0.5) is 11.4 Å². The zero-order valence-corrected chi connectivity index (χ0v) is 9.50. The van der Waals surface area contributed by atoms with Crippen LogP contribution >= 0.6 is 0 Å². The van der Waals surface area contributed by atoms with Crippen molar-refractivity contribution in [1.82, 2.24) is 0 Å². The normalized spacial score (nSPS) is 22.6. The Bertz CT molecular complexity index is 471. The topological polar surface area (TPSA) is 72.4 Å². The van der Waals surface area contributed by atoms with Crippen LogP contribution in [0.5, 0.6) is 0 Å². The lowest BCUT2D eigenvalue weighted by Gasteiger charge is -2.18. The first-order valence-electron chi connectivity index (χ1n) is 5.94. The highest BCUT2D eigenvalue weighted by atomic mass is 16.6. The van der Waals surface area contributed by atoms with Gasteiger partial charge in [-0.2, -0.15) is 0 Å². The summed E-state index contributed by atoms with van der Waals surface area (Å²) in [6.45, 7) is 1.82. The van der Waals surface area contributed by atoms with Crippen LogP contribution in [-0.2, 0) is 0 Å². The maximum Gasteiger partial charge on any atom is 0.269 e. The summed E-state index contributed by atoms with van der Waals surface area (Å²) in [5.41, 5.74) is 8.16. The summed E-state index contributed by atoms with van der Waals surface area (Å²) >= 11 is 0. The van der Waals surface area contributed by atoms with E-state index >= 15 is 0 Å². The molecule has 3 rings (SSSR count). The molecule has 0 saturated heterocycles. The van der Waals surface area contributed by atoms with Crippen molar-refractivity contribution in [1.29, 1.82) is 0 Å². The van der Waals surface area contributed by atoms with Crippen LogP contribution in [0.1, 0.15) is 24.4 Å². The first-order valence-corrected chi connectivity index (χ1v) is 5.94. The zero-order valence-electron chi connectivity index (χ0n) is 9.50. The standard InChI is InChI=1S/C12H15N3O2/c13-11-7-14(6-8-1-2-8)12-4-3-9(15(16)17)5-10(11)12/h3-5,8,11H,1-2,6-7,13H2. The molecule has 17 heavy (non-hydrogen) atoms. The lowest BCUT2D eigenvalue weighted by Crippen LogP contribution is -2.26. The van der Waals surface area contributed by atoms with Gasteiger partial charge in [-0.3, -0.25) is 10.1 Å². The van der Waals surface area contributed by atoms with Gasteiger partial charge in [0.05, 0.1) is 4.92 Å². The number of non-ortho nitro benzene ring substituents is 1. The summed E-state index contributed by atoms with van der Waals surface area (Å²) in [5.74, 6) is 0.795. The molecular weight excluding hydrogens is 218 g/mol. The molecule has 1 aliphatic heterocycles. The minimum Gasteiger partial charge on any atom is -0.369 e. The molecule has 2 N–H and O–H groups in total. The SMILES string of the molecule is NC1CN(CC2CC2)c2ccc([N+](=O)[O-])cc21. The van der Waals surface area contributed by atoms with Gasteiger partial charge in [0.1, 0.15) is 0 Å². The van der Waals surface area contributed by atoms with E-state index in [0.29, 0.717) is 0 Å².